The third-order valence-corrected chi connectivity index (χ3v) is 6.30. The lowest BCUT2D eigenvalue weighted by Gasteiger charge is -2.14. The van der Waals surface area contributed by atoms with Crippen molar-refractivity contribution in [3.05, 3.63) is 0 Å². The van der Waals surface area contributed by atoms with Gasteiger partial charge in [-0.25, -0.2) is 0 Å². The Morgan fingerprint density at radius 2 is 1.72 bits per heavy atom. The van der Waals surface area contributed by atoms with Crippen LogP contribution in [0.25, 0.3) is 0 Å². The SMILES string of the molecule is C1CCN(CCCNCC2C3C4CCC(C4)C23)C1. The largest absolute Gasteiger partial charge is 0.316 e. The van der Waals surface area contributed by atoms with E-state index in [2.05, 4.69) is 10.2 Å². The first kappa shape index (κ1) is 11.7. The van der Waals surface area contributed by atoms with E-state index in [0.717, 1.165) is 29.6 Å². The number of hydrogen-bond acceptors (Lipinski definition) is 2. The summed E-state index contributed by atoms with van der Waals surface area (Å²) in [5.74, 6) is 5.71. The molecule has 4 unspecified atom stereocenters. The number of rotatable bonds is 6. The lowest BCUT2D eigenvalue weighted by Crippen LogP contribution is -2.26. The van der Waals surface area contributed by atoms with E-state index in [1.807, 2.05) is 0 Å². The third kappa shape index (κ3) is 2.02. The average Bonchev–Trinajstić information content (AvgIpc) is 2.86. The van der Waals surface area contributed by atoms with Gasteiger partial charge < -0.3 is 10.2 Å². The van der Waals surface area contributed by atoms with Crippen LogP contribution in [0.3, 0.4) is 0 Å². The highest BCUT2D eigenvalue weighted by Gasteiger charge is 2.64. The molecular formula is C16H28N2. The van der Waals surface area contributed by atoms with Crippen molar-refractivity contribution in [3.8, 4) is 0 Å². The molecule has 102 valence electrons. The van der Waals surface area contributed by atoms with E-state index in [9.17, 15) is 0 Å². The molecule has 0 aromatic heterocycles. The molecule has 2 nitrogen and oxygen atoms in total. The zero-order valence-corrected chi connectivity index (χ0v) is 11.6. The fourth-order valence-corrected chi connectivity index (χ4v) is 5.48. The van der Waals surface area contributed by atoms with E-state index >= 15 is 0 Å². The molecule has 1 heterocycles. The monoisotopic (exact) mass is 248 g/mol. The van der Waals surface area contributed by atoms with Crippen LogP contribution in [0.2, 0.25) is 0 Å². The summed E-state index contributed by atoms with van der Waals surface area (Å²) in [7, 11) is 0. The van der Waals surface area contributed by atoms with Crippen LogP contribution in [0.1, 0.15) is 38.5 Å². The Morgan fingerprint density at radius 3 is 2.44 bits per heavy atom. The van der Waals surface area contributed by atoms with Gasteiger partial charge in [0.1, 0.15) is 0 Å². The van der Waals surface area contributed by atoms with Crippen LogP contribution in [0, 0.1) is 29.6 Å². The minimum atomic E-state index is 1.09. The number of likely N-dealkylation sites (tertiary alicyclic amines) is 1. The van der Waals surface area contributed by atoms with Gasteiger partial charge in [0.2, 0.25) is 0 Å². The molecular weight excluding hydrogens is 220 g/mol. The molecule has 0 amide bonds. The van der Waals surface area contributed by atoms with Gasteiger partial charge in [0.25, 0.3) is 0 Å². The Hall–Kier alpha value is -0.0800. The van der Waals surface area contributed by atoms with Crippen molar-refractivity contribution in [2.75, 3.05) is 32.7 Å². The van der Waals surface area contributed by atoms with Crippen LogP contribution in [-0.4, -0.2) is 37.6 Å². The van der Waals surface area contributed by atoms with E-state index in [4.69, 9.17) is 0 Å². The predicted molar refractivity (Wildman–Crippen MR) is 74.5 cm³/mol. The second-order valence-corrected chi connectivity index (χ2v) is 7.26. The number of hydrogen-bond donors (Lipinski definition) is 1. The normalized spacial score (nSPS) is 45.7. The minimum Gasteiger partial charge on any atom is -0.316 e. The highest BCUT2D eigenvalue weighted by Crippen LogP contribution is 2.69. The number of fused-ring (bicyclic) bond motifs is 5. The Balaban J connectivity index is 1.10. The topological polar surface area (TPSA) is 15.3 Å². The van der Waals surface area contributed by atoms with Crippen LogP contribution in [0.5, 0.6) is 0 Å². The molecule has 4 aliphatic rings. The van der Waals surface area contributed by atoms with Crippen molar-refractivity contribution in [1.29, 1.82) is 0 Å². The Bertz CT molecular complexity index is 281. The number of nitrogens with zero attached hydrogens (tertiary/aromatic N) is 1. The van der Waals surface area contributed by atoms with Gasteiger partial charge in [0.05, 0.1) is 0 Å². The average molecular weight is 248 g/mol. The summed E-state index contributed by atoms with van der Waals surface area (Å²) in [5.41, 5.74) is 0. The summed E-state index contributed by atoms with van der Waals surface area (Å²) in [5, 5.41) is 3.74. The third-order valence-electron chi connectivity index (χ3n) is 6.30. The first-order chi connectivity index (χ1) is 8.93. The highest BCUT2D eigenvalue weighted by atomic mass is 15.1. The molecule has 1 aliphatic heterocycles. The minimum absolute atomic E-state index is 1.09. The molecule has 4 rings (SSSR count). The Morgan fingerprint density at radius 1 is 1.00 bits per heavy atom. The molecule has 2 bridgehead atoms. The van der Waals surface area contributed by atoms with Crippen molar-refractivity contribution in [2.24, 2.45) is 29.6 Å². The van der Waals surface area contributed by atoms with Crippen molar-refractivity contribution in [3.63, 3.8) is 0 Å². The van der Waals surface area contributed by atoms with Gasteiger partial charge in [0, 0.05) is 0 Å². The first-order valence-corrected chi connectivity index (χ1v) is 8.36. The van der Waals surface area contributed by atoms with Crippen LogP contribution < -0.4 is 5.32 Å². The molecule has 3 aliphatic carbocycles. The molecule has 3 saturated carbocycles. The molecule has 1 saturated heterocycles. The summed E-state index contributed by atoms with van der Waals surface area (Å²) in [6.07, 6.45) is 8.95. The molecule has 4 atom stereocenters. The molecule has 18 heavy (non-hydrogen) atoms. The standard InChI is InChI=1S/C16H28N2/c1-2-8-18(7-1)9-3-6-17-11-14-15-12-4-5-13(10-12)16(14)15/h12-17H,1-11H2. The summed E-state index contributed by atoms with van der Waals surface area (Å²) in [4.78, 5) is 2.63. The Labute approximate surface area is 111 Å². The van der Waals surface area contributed by atoms with Gasteiger partial charge in [-0.05, 0) is 101 Å². The smallest absolute Gasteiger partial charge is 0.000664 e. The van der Waals surface area contributed by atoms with Crippen LogP contribution >= 0.6 is 0 Å². The van der Waals surface area contributed by atoms with E-state index in [0.29, 0.717) is 0 Å². The maximum absolute atomic E-state index is 3.74. The van der Waals surface area contributed by atoms with Crippen LogP contribution in [0.15, 0.2) is 0 Å². The molecule has 4 fully saturated rings. The lowest BCUT2D eigenvalue weighted by atomic mass is 10.0. The second-order valence-electron chi connectivity index (χ2n) is 7.26. The first-order valence-electron chi connectivity index (χ1n) is 8.36. The van der Waals surface area contributed by atoms with Gasteiger partial charge in [-0.1, -0.05) is 0 Å². The number of nitrogens with one attached hydrogen (secondary N) is 1. The zero-order chi connectivity index (χ0) is 11.9. The quantitative estimate of drug-likeness (QED) is 0.726. The fraction of sp³-hybridized carbons (Fsp3) is 1.00. The van der Waals surface area contributed by atoms with Gasteiger partial charge >= 0.3 is 0 Å². The van der Waals surface area contributed by atoms with Crippen LogP contribution in [-0.2, 0) is 0 Å². The highest BCUT2D eigenvalue weighted by molar-refractivity contribution is 5.13. The van der Waals surface area contributed by atoms with E-state index in [1.54, 1.807) is 19.3 Å². The van der Waals surface area contributed by atoms with Gasteiger partial charge in [-0.15, -0.1) is 0 Å². The summed E-state index contributed by atoms with van der Waals surface area (Å²) in [6.45, 7) is 6.63. The summed E-state index contributed by atoms with van der Waals surface area (Å²) >= 11 is 0. The molecule has 2 heteroatoms. The Kier molecular flexibility index (Phi) is 3.12. The second kappa shape index (κ2) is 4.79. The molecule has 0 aromatic rings. The molecule has 0 radical (unpaired) electrons. The summed E-state index contributed by atoms with van der Waals surface area (Å²) < 4.78 is 0. The lowest BCUT2D eigenvalue weighted by molar-refractivity contribution is 0.329. The van der Waals surface area contributed by atoms with Crippen molar-refractivity contribution in [1.82, 2.24) is 10.2 Å². The van der Waals surface area contributed by atoms with Crippen molar-refractivity contribution >= 4 is 0 Å². The van der Waals surface area contributed by atoms with E-state index in [-0.39, 0.29) is 0 Å². The summed E-state index contributed by atoms with van der Waals surface area (Å²) in [6, 6.07) is 0. The van der Waals surface area contributed by atoms with E-state index < -0.39 is 0 Å². The van der Waals surface area contributed by atoms with E-state index in [1.165, 1.54) is 52.0 Å². The van der Waals surface area contributed by atoms with Gasteiger partial charge in [0.15, 0.2) is 0 Å². The fourth-order valence-electron chi connectivity index (χ4n) is 5.48. The van der Waals surface area contributed by atoms with Crippen molar-refractivity contribution < 1.29 is 0 Å². The zero-order valence-electron chi connectivity index (χ0n) is 11.6. The maximum Gasteiger partial charge on any atom is -0.000664 e. The van der Waals surface area contributed by atoms with Gasteiger partial charge in [-0.2, -0.15) is 0 Å². The molecule has 0 aromatic carbocycles. The molecule has 0 spiro atoms. The molecule has 1 N–H and O–H groups in total. The maximum atomic E-state index is 3.74. The van der Waals surface area contributed by atoms with Gasteiger partial charge in [-0.3, -0.25) is 0 Å². The predicted octanol–water partition coefficient (Wildman–Crippen LogP) is 2.35. The van der Waals surface area contributed by atoms with Crippen molar-refractivity contribution in [2.45, 2.75) is 38.5 Å². The van der Waals surface area contributed by atoms with Crippen LogP contribution in [0.4, 0.5) is 0 Å².